The van der Waals surface area contributed by atoms with Gasteiger partial charge in [-0.3, -0.25) is 0 Å². The Hall–Kier alpha value is -0.800. The summed E-state index contributed by atoms with van der Waals surface area (Å²) in [6, 6.07) is 4.75. The molecule has 1 aromatic rings. The van der Waals surface area contributed by atoms with Crippen molar-refractivity contribution in [2.75, 3.05) is 25.1 Å². The van der Waals surface area contributed by atoms with Crippen molar-refractivity contribution in [3.8, 4) is 0 Å². The largest absolute Gasteiger partial charge is 0.385 e. The van der Waals surface area contributed by atoms with Crippen molar-refractivity contribution in [3.63, 3.8) is 0 Å². The van der Waals surface area contributed by atoms with Gasteiger partial charge in [-0.05, 0) is 24.6 Å². The molecule has 1 aromatic carbocycles. The number of hydrogen-bond acceptors (Lipinski definition) is 2. The molecule has 1 atom stereocenters. The second kappa shape index (κ2) is 4.81. The first kappa shape index (κ1) is 10.7. The molecule has 4 heteroatoms. The minimum atomic E-state index is -0.385. The van der Waals surface area contributed by atoms with Gasteiger partial charge in [-0.1, -0.05) is 11.6 Å². The minimum absolute atomic E-state index is 0.157. The van der Waals surface area contributed by atoms with Crippen molar-refractivity contribution in [1.29, 1.82) is 0 Å². The SMILES string of the molecule is Fc1cc(NCC2CCOC2)ccc1Cl. The van der Waals surface area contributed by atoms with E-state index >= 15 is 0 Å². The van der Waals surface area contributed by atoms with Crippen LogP contribution in [0.1, 0.15) is 6.42 Å². The summed E-state index contributed by atoms with van der Waals surface area (Å²) in [5.41, 5.74) is 0.767. The third kappa shape index (κ3) is 2.83. The monoisotopic (exact) mass is 229 g/mol. The van der Waals surface area contributed by atoms with E-state index in [1.807, 2.05) is 0 Å². The standard InChI is InChI=1S/C11H13ClFNO/c12-10-2-1-9(5-11(10)13)14-6-8-3-4-15-7-8/h1-2,5,8,14H,3-4,6-7H2. The van der Waals surface area contributed by atoms with Gasteiger partial charge in [0.15, 0.2) is 0 Å². The van der Waals surface area contributed by atoms with E-state index in [4.69, 9.17) is 16.3 Å². The molecular formula is C11H13ClFNO. The van der Waals surface area contributed by atoms with E-state index in [-0.39, 0.29) is 10.8 Å². The van der Waals surface area contributed by atoms with Crippen LogP contribution in [-0.2, 0) is 4.74 Å². The maximum Gasteiger partial charge on any atom is 0.143 e. The zero-order valence-electron chi connectivity index (χ0n) is 8.30. The summed E-state index contributed by atoms with van der Waals surface area (Å²) in [7, 11) is 0. The van der Waals surface area contributed by atoms with Crippen molar-refractivity contribution in [2.24, 2.45) is 5.92 Å². The van der Waals surface area contributed by atoms with E-state index in [9.17, 15) is 4.39 Å². The molecule has 0 amide bonds. The van der Waals surface area contributed by atoms with Crippen molar-refractivity contribution < 1.29 is 9.13 Å². The van der Waals surface area contributed by atoms with Crippen molar-refractivity contribution >= 4 is 17.3 Å². The molecule has 0 saturated carbocycles. The fourth-order valence-electron chi connectivity index (χ4n) is 1.61. The third-order valence-electron chi connectivity index (χ3n) is 2.54. The Labute approximate surface area is 93.4 Å². The molecule has 1 aliphatic rings. The zero-order chi connectivity index (χ0) is 10.7. The smallest absolute Gasteiger partial charge is 0.143 e. The lowest BCUT2D eigenvalue weighted by Gasteiger charge is -2.10. The molecule has 0 bridgehead atoms. The predicted molar refractivity (Wildman–Crippen MR) is 58.8 cm³/mol. The highest BCUT2D eigenvalue weighted by molar-refractivity contribution is 6.30. The number of rotatable bonds is 3. The Morgan fingerprint density at radius 2 is 2.40 bits per heavy atom. The first-order chi connectivity index (χ1) is 7.25. The van der Waals surface area contributed by atoms with Gasteiger partial charge in [-0.15, -0.1) is 0 Å². The Morgan fingerprint density at radius 1 is 1.53 bits per heavy atom. The van der Waals surface area contributed by atoms with Crippen LogP contribution in [0.5, 0.6) is 0 Å². The van der Waals surface area contributed by atoms with E-state index in [0.29, 0.717) is 5.92 Å². The normalized spacial score (nSPS) is 20.5. The Bertz CT molecular complexity index is 339. The molecule has 0 aromatic heterocycles. The van der Waals surface area contributed by atoms with Gasteiger partial charge >= 0.3 is 0 Å². The summed E-state index contributed by atoms with van der Waals surface area (Å²) < 4.78 is 18.3. The van der Waals surface area contributed by atoms with Crippen molar-refractivity contribution in [3.05, 3.63) is 29.0 Å². The molecule has 1 unspecified atom stereocenters. The van der Waals surface area contributed by atoms with E-state index in [0.717, 1.165) is 31.9 Å². The van der Waals surface area contributed by atoms with E-state index in [1.54, 1.807) is 12.1 Å². The molecule has 1 saturated heterocycles. The highest BCUT2D eigenvalue weighted by atomic mass is 35.5. The van der Waals surface area contributed by atoms with Gasteiger partial charge in [0.1, 0.15) is 5.82 Å². The topological polar surface area (TPSA) is 21.3 Å². The van der Waals surface area contributed by atoms with Crippen molar-refractivity contribution in [2.45, 2.75) is 6.42 Å². The van der Waals surface area contributed by atoms with Crippen LogP contribution in [0.4, 0.5) is 10.1 Å². The maximum absolute atomic E-state index is 13.1. The van der Waals surface area contributed by atoms with E-state index in [2.05, 4.69) is 5.32 Å². The number of ether oxygens (including phenoxy) is 1. The van der Waals surface area contributed by atoms with Crippen LogP contribution in [0.2, 0.25) is 5.02 Å². The quantitative estimate of drug-likeness (QED) is 0.861. The maximum atomic E-state index is 13.1. The van der Waals surface area contributed by atoms with Crippen molar-refractivity contribution in [1.82, 2.24) is 0 Å². The lowest BCUT2D eigenvalue weighted by molar-refractivity contribution is 0.187. The summed E-state index contributed by atoms with van der Waals surface area (Å²) >= 11 is 5.59. The lowest BCUT2D eigenvalue weighted by atomic mass is 10.1. The van der Waals surface area contributed by atoms with Gasteiger partial charge in [0, 0.05) is 24.8 Å². The average molecular weight is 230 g/mol. The molecule has 1 fully saturated rings. The van der Waals surface area contributed by atoms with Gasteiger partial charge in [-0.2, -0.15) is 0 Å². The summed E-state index contributed by atoms with van der Waals surface area (Å²) in [6.45, 7) is 2.45. The number of halogens is 2. The number of anilines is 1. The minimum Gasteiger partial charge on any atom is -0.385 e. The molecular weight excluding hydrogens is 217 g/mol. The second-order valence-corrected chi connectivity index (χ2v) is 4.15. The third-order valence-corrected chi connectivity index (χ3v) is 2.84. The van der Waals surface area contributed by atoms with Crippen LogP contribution in [0.25, 0.3) is 0 Å². The van der Waals surface area contributed by atoms with Crippen LogP contribution in [-0.4, -0.2) is 19.8 Å². The molecule has 2 rings (SSSR count). The summed E-state index contributed by atoms with van der Waals surface area (Å²) in [5.74, 6) is 0.146. The predicted octanol–water partition coefficient (Wildman–Crippen LogP) is 2.93. The molecule has 1 aliphatic heterocycles. The van der Waals surface area contributed by atoms with Gasteiger partial charge in [0.25, 0.3) is 0 Å². The molecule has 0 aliphatic carbocycles. The Morgan fingerprint density at radius 3 is 3.07 bits per heavy atom. The van der Waals surface area contributed by atoms with Crippen LogP contribution >= 0.6 is 11.6 Å². The zero-order valence-corrected chi connectivity index (χ0v) is 9.06. The van der Waals surface area contributed by atoms with Crippen LogP contribution in [0.15, 0.2) is 18.2 Å². The molecule has 2 nitrogen and oxygen atoms in total. The molecule has 0 radical (unpaired) electrons. The van der Waals surface area contributed by atoms with Gasteiger partial charge in [0.05, 0.1) is 11.6 Å². The first-order valence-electron chi connectivity index (χ1n) is 5.02. The summed E-state index contributed by atoms with van der Waals surface area (Å²) in [6.07, 6.45) is 1.07. The summed E-state index contributed by atoms with van der Waals surface area (Å²) in [4.78, 5) is 0. The van der Waals surface area contributed by atoms with Gasteiger partial charge in [0.2, 0.25) is 0 Å². The van der Waals surface area contributed by atoms with E-state index < -0.39 is 0 Å². The van der Waals surface area contributed by atoms with Gasteiger partial charge in [-0.25, -0.2) is 4.39 Å². The van der Waals surface area contributed by atoms with Crippen LogP contribution < -0.4 is 5.32 Å². The fourth-order valence-corrected chi connectivity index (χ4v) is 1.73. The number of hydrogen-bond donors (Lipinski definition) is 1. The lowest BCUT2D eigenvalue weighted by Crippen LogP contribution is -2.14. The molecule has 1 heterocycles. The first-order valence-corrected chi connectivity index (χ1v) is 5.40. The Kier molecular flexibility index (Phi) is 3.44. The number of nitrogens with one attached hydrogen (secondary N) is 1. The molecule has 15 heavy (non-hydrogen) atoms. The number of benzene rings is 1. The van der Waals surface area contributed by atoms with Gasteiger partial charge < -0.3 is 10.1 Å². The summed E-state index contributed by atoms with van der Waals surface area (Å²) in [5, 5.41) is 3.33. The fraction of sp³-hybridized carbons (Fsp3) is 0.455. The molecule has 0 spiro atoms. The second-order valence-electron chi connectivity index (χ2n) is 3.74. The van der Waals surface area contributed by atoms with Crippen LogP contribution in [0.3, 0.4) is 0 Å². The van der Waals surface area contributed by atoms with Crippen LogP contribution in [0, 0.1) is 11.7 Å². The highest BCUT2D eigenvalue weighted by Crippen LogP contribution is 2.20. The molecule has 1 N–H and O–H groups in total. The molecule has 82 valence electrons. The van der Waals surface area contributed by atoms with E-state index in [1.165, 1.54) is 6.07 Å². The highest BCUT2D eigenvalue weighted by Gasteiger charge is 2.15. The average Bonchev–Trinajstić information content (AvgIpc) is 2.73. The Balaban J connectivity index is 1.90.